The Balaban J connectivity index is 2.18. The van der Waals surface area contributed by atoms with Gasteiger partial charge < -0.3 is 19.5 Å². The first-order valence-electron chi connectivity index (χ1n) is 8.45. The van der Waals surface area contributed by atoms with Crippen LogP contribution in [0, 0.1) is 0 Å². The fraction of sp³-hybridized carbons (Fsp3) is 0.647. The Bertz CT molecular complexity index is 699. The zero-order chi connectivity index (χ0) is 18.6. The van der Waals surface area contributed by atoms with Gasteiger partial charge in [-0.1, -0.05) is 6.92 Å². The molecule has 2 heterocycles. The van der Waals surface area contributed by atoms with Crippen molar-refractivity contribution in [3.8, 4) is 0 Å². The summed E-state index contributed by atoms with van der Waals surface area (Å²) in [4.78, 5) is 8.25. The quantitative estimate of drug-likeness (QED) is 0.375. The first-order valence-corrected chi connectivity index (χ1v) is 8.83. The highest BCUT2D eigenvalue weighted by Gasteiger charge is 2.23. The topological polar surface area (TPSA) is 92.4 Å². The molecule has 25 heavy (non-hydrogen) atoms. The van der Waals surface area contributed by atoms with Crippen molar-refractivity contribution in [2.24, 2.45) is 0 Å². The van der Waals surface area contributed by atoms with Crippen molar-refractivity contribution in [1.82, 2.24) is 19.9 Å². The maximum absolute atomic E-state index is 10.5. The lowest BCUT2D eigenvalue weighted by Gasteiger charge is -2.21. The van der Waals surface area contributed by atoms with Crippen LogP contribution in [-0.2, 0) is 11.3 Å². The minimum Gasteiger partial charge on any atom is -0.390 e. The van der Waals surface area contributed by atoms with Gasteiger partial charge >= 0.3 is 0 Å². The maximum Gasteiger partial charge on any atom is 0.224 e. The maximum atomic E-state index is 10.5. The van der Waals surface area contributed by atoms with Gasteiger partial charge in [0.15, 0.2) is 0 Å². The van der Waals surface area contributed by atoms with Crippen molar-refractivity contribution in [3.63, 3.8) is 0 Å². The van der Waals surface area contributed by atoms with Crippen LogP contribution in [0.15, 0.2) is 12.3 Å². The number of halogens is 1. The molecule has 0 bridgehead atoms. The number of nitrogens with zero attached hydrogens (tertiary/aromatic N) is 3. The van der Waals surface area contributed by atoms with E-state index in [0.29, 0.717) is 37.6 Å². The van der Waals surface area contributed by atoms with Crippen molar-refractivity contribution >= 4 is 22.6 Å². The predicted octanol–water partition coefficient (Wildman–Crippen LogP) is 2.25. The molecule has 0 fully saturated rings. The standard InChI is InChI=1S/C17H27ClN4O3/c1-5-13(23)14(24)12-8-11-9-20-16(18)21-15(11)22(12)7-6-19-10-25-17(2,3)4/h8-9,13-14,19,23-24H,5-7,10H2,1-4H3. The number of rotatable bonds is 8. The Kier molecular flexibility index (Phi) is 6.76. The summed E-state index contributed by atoms with van der Waals surface area (Å²) in [6, 6.07) is 1.79. The number of nitrogens with one attached hydrogen (secondary N) is 1. The summed E-state index contributed by atoms with van der Waals surface area (Å²) in [5.74, 6) is 0. The second kappa shape index (κ2) is 8.42. The molecule has 2 atom stereocenters. The van der Waals surface area contributed by atoms with Gasteiger partial charge in [0.05, 0.1) is 24.1 Å². The van der Waals surface area contributed by atoms with E-state index in [1.807, 2.05) is 32.3 Å². The van der Waals surface area contributed by atoms with Crippen LogP contribution in [-0.4, -0.2) is 49.7 Å². The van der Waals surface area contributed by atoms with E-state index in [-0.39, 0.29) is 10.9 Å². The van der Waals surface area contributed by atoms with Gasteiger partial charge in [0.1, 0.15) is 11.8 Å². The van der Waals surface area contributed by atoms with E-state index < -0.39 is 12.2 Å². The number of aliphatic hydroxyl groups is 2. The predicted molar refractivity (Wildman–Crippen MR) is 97.5 cm³/mol. The molecule has 2 aromatic rings. The highest BCUT2D eigenvalue weighted by molar-refractivity contribution is 6.28. The molecule has 0 aliphatic rings. The number of ether oxygens (including phenoxy) is 1. The van der Waals surface area contributed by atoms with Gasteiger partial charge in [-0.15, -0.1) is 0 Å². The highest BCUT2D eigenvalue weighted by Crippen LogP contribution is 2.26. The fourth-order valence-electron chi connectivity index (χ4n) is 2.47. The number of hydrogen-bond acceptors (Lipinski definition) is 6. The summed E-state index contributed by atoms with van der Waals surface area (Å²) in [7, 11) is 0. The third-order valence-corrected chi connectivity index (χ3v) is 4.02. The average Bonchev–Trinajstić information content (AvgIpc) is 2.90. The molecule has 0 aliphatic carbocycles. The van der Waals surface area contributed by atoms with Gasteiger partial charge in [-0.05, 0) is 44.9 Å². The molecule has 0 saturated carbocycles. The lowest BCUT2D eigenvalue weighted by atomic mass is 10.1. The number of aromatic nitrogens is 3. The van der Waals surface area contributed by atoms with Gasteiger partial charge in [0, 0.05) is 24.7 Å². The zero-order valence-corrected chi connectivity index (χ0v) is 15.9. The van der Waals surface area contributed by atoms with Crippen LogP contribution < -0.4 is 5.32 Å². The van der Waals surface area contributed by atoms with Gasteiger partial charge in [0.2, 0.25) is 5.28 Å². The van der Waals surface area contributed by atoms with Crippen LogP contribution in [0.1, 0.15) is 45.9 Å². The van der Waals surface area contributed by atoms with E-state index in [4.69, 9.17) is 16.3 Å². The second-order valence-electron chi connectivity index (χ2n) is 6.96. The molecule has 2 unspecified atom stereocenters. The summed E-state index contributed by atoms with van der Waals surface area (Å²) in [6.07, 6.45) is 0.228. The minimum absolute atomic E-state index is 0.146. The molecule has 0 radical (unpaired) electrons. The van der Waals surface area contributed by atoms with Crippen molar-refractivity contribution < 1.29 is 14.9 Å². The van der Waals surface area contributed by atoms with Crippen LogP contribution in [0.5, 0.6) is 0 Å². The first-order chi connectivity index (χ1) is 11.7. The molecule has 0 saturated heterocycles. The zero-order valence-electron chi connectivity index (χ0n) is 15.2. The van der Waals surface area contributed by atoms with E-state index in [9.17, 15) is 10.2 Å². The molecule has 0 spiro atoms. The van der Waals surface area contributed by atoms with E-state index in [2.05, 4.69) is 15.3 Å². The lowest BCUT2D eigenvalue weighted by Crippen LogP contribution is -2.30. The van der Waals surface area contributed by atoms with Gasteiger partial charge in [0.25, 0.3) is 0 Å². The molecule has 0 amide bonds. The monoisotopic (exact) mass is 370 g/mol. The average molecular weight is 371 g/mol. The Morgan fingerprint density at radius 2 is 2.08 bits per heavy atom. The Morgan fingerprint density at radius 3 is 2.72 bits per heavy atom. The normalized spacial score (nSPS) is 14.8. The Hall–Kier alpha value is -1.25. The number of hydrogen-bond donors (Lipinski definition) is 3. The molecule has 0 aromatic carbocycles. The summed E-state index contributed by atoms with van der Waals surface area (Å²) >= 11 is 5.92. The van der Waals surface area contributed by atoms with Gasteiger partial charge in [-0.25, -0.2) is 4.98 Å². The molecule has 2 rings (SSSR count). The first kappa shape index (κ1) is 20.1. The van der Waals surface area contributed by atoms with Gasteiger partial charge in [-0.2, -0.15) is 4.98 Å². The second-order valence-corrected chi connectivity index (χ2v) is 7.30. The van der Waals surface area contributed by atoms with E-state index in [1.54, 1.807) is 12.3 Å². The molecule has 140 valence electrons. The van der Waals surface area contributed by atoms with Crippen LogP contribution in [0.2, 0.25) is 5.28 Å². The highest BCUT2D eigenvalue weighted by atomic mass is 35.5. The third kappa shape index (κ3) is 5.36. The fourth-order valence-corrected chi connectivity index (χ4v) is 2.60. The summed E-state index contributed by atoms with van der Waals surface area (Å²) in [6.45, 7) is 9.39. The van der Waals surface area contributed by atoms with Crippen molar-refractivity contribution in [2.75, 3.05) is 13.3 Å². The molecule has 2 aromatic heterocycles. The minimum atomic E-state index is -0.996. The van der Waals surface area contributed by atoms with E-state index in [1.165, 1.54) is 0 Å². The molecular formula is C17H27ClN4O3. The molecule has 7 nitrogen and oxygen atoms in total. The van der Waals surface area contributed by atoms with Crippen molar-refractivity contribution in [1.29, 1.82) is 0 Å². The number of fused-ring (bicyclic) bond motifs is 1. The summed E-state index contributed by atoms with van der Waals surface area (Å²) < 4.78 is 7.49. The molecule has 8 heteroatoms. The Labute approximate surface area is 153 Å². The van der Waals surface area contributed by atoms with Crippen LogP contribution >= 0.6 is 11.6 Å². The summed E-state index contributed by atoms with van der Waals surface area (Å²) in [5, 5.41) is 24.6. The smallest absolute Gasteiger partial charge is 0.224 e. The van der Waals surface area contributed by atoms with E-state index in [0.717, 1.165) is 5.39 Å². The van der Waals surface area contributed by atoms with Gasteiger partial charge in [-0.3, -0.25) is 5.32 Å². The van der Waals surface area contributed by atoms with E-state index >= 15 is 0 Å². The molecule has 0 aliphatic heterocycles. The van der Waals surface area contributed by atoms with Crippen molar-refractivity contribution in [3.05, 3.63) is 23.2 Å². The molecular weight excluding hydrogens is 344 g/mol. The SMILES string of the molecule is CCC(O)C(O)c1cc2cnc(Cl)nc2n1CCNCOC(C)(C)C. The van der Waals surface area contributed by atoms with Crippen molar-refractivity contribution in [2.45, 2.75) is 58.5 Å². The Morgan fingerprint density at radius 1 is 1.36 bits per heavy atom. The number of aliphatic hydroxyl groups excluding tert-OH is 2. The lowest BCUT2D eigenvalue weighted by molar-refractivity contribution is -0.0134. The van der Waals surface area contributed by atoms with Crippen LogP contribution in [0.4, 0.5) is 0 Å². The third-order valence-electron chi connectivity index (χ3n) is 3.84. The summed E-state index contributed by atoms with van der Waals surface area (Å²) in [5.41, 5.74) is 1.02. The van der Waals surface area contributed by atoms with Crippen LogP contribution in [0.25, 0.3) is 11.0 Å². The largest absolute Gasteiger partial charge is 0.390 e. The molecule has 3 N–H and O–H groups in total. The van der Waals surface area contributed by atoms with Crippen LogP contribution in [0.3, 0.4) is 0 Å².